The number of carbonyl (C=O) groups is 1. The highest BCUT2D eigenvalue weighted by Crippen LogP contribution is 2.15. The molecular weight excluding hydrogens is 255 g/mol. The Bertz CT molecular complexity index is 640. The molecule has 3 nitrogen and oxygen atoms in total. The van der Waals surface area contributed by atoms with Gasteiger partial charge in [-0.05, 0) is 36.2 Å². The van der Waals surface area contributed by atoms with Crippen LogP contribution in [-0.2, 0) is 6.54 Å². The highest BCUT2D eigenvalue weighted by atomic mass is 19.1. The number of hydrogen-bond donors (Lipinski definition) is 1. The number of nitrogen functional groups attached to an aromatic ring is 1. The summed E-state index contributed by atoms with van der Waals surface area (Å²) in [7, 11) is 1.70. The van der Waals surface area contributed by atoms with Crippen LogP contribution in [0, 0.1) is 12.7 Å². The van der Waals surface area contributed by atoms with Gasteiger partial charge in [0.15, 0.2) is 0 Å². The highest BCUT2D eigenvalue weighted by molar-refractivity contribution is 5.94. The van der Waals surface area contributed by atoms with E-state index < -0.39 is 5.82 Å². The Balaban J connectivity index is 2.16. The van der Waals surface area contributed by atoms with Crippen molar-refractivity contribution in [3.05, 3.63) is 65.0 Å². The van der Waals surface area contributed by atoms with Gasteiger partial charge in [-0.15, -0.1) is 0 Å². The van der Waals surface area contributed by atoms with Gasteiger partial charge in [-0.3, -0.25) is 4.79 Å². The molecule has 1 amide bonds. The lowest BCUT2D eigenvalue weighted by Gasteiger charge is -2.18. The van der Waals surface area contributed by atoms with E-state index in [-0.39, 0.29) is 11.6 Å². The Morgan fingerprint density at radius 2 is 1.95 bits per heavy atom. The number of nitrogens with two attached hydrogens (primary N) is 1. The Morgan fingerprint density at radius 3 is 2.60 bits per heavy atom. The molecule has 4 heteroatoms. The molecule has 0 bridgehead atoms. The molecule has 0 atom stereocenters. The van der Waals surface area contributed by atoms with E-state index in [2.05, 4.69) is 0 Å². The van der Waals surface area contributed by atoms with Crippen LogP contribution in [0.15, 0.2) is 42.5 Å². The smallest absolute Gasteiger partial charge is 0.254 e. The molecule has 20 heavy (non-hydrogen) atoms. The standard InChI is InChI=1S/C16H17FN2O/c1-11-5-3-4-6-13(11)10-19(2)16(20)12-7-8-15(18)14(17)9-12/h3-9H,10,18H2,1-2H3. The van der Waals surface area contributed by atoms with Crippen LogP contribution in [0.25, 0.3) is 0 Å². The van der Waals surface area contributed by atoms with Crippen molar-refractivity contribution in [1.29, 1.82) is 0 Å². The zero-order valence-electron chi connectivity index (χ0n) is 11.6. The van der Waals surface area contributed by atoms with Crippen molar-refractivity contribution >= 4 is 11.6 Å². The molecule has 0 aliphatic rings. The van der Waals surface area contributed by atoms with Crippen LogP contribution in [0.3, 0.4) is 0 Å². The lowest BCUT2D eigenvalue weighted by Crippen LogP contribution is -2.26. The third-order valence-corrected chi connectivity index (χ3v) is 3.26. The van der Waals surface area contributed by atoms with Crippen molar-refractivity contribution in [1.82, 2.24) is 4.90 Å². The number of nitrogens with zero attached hydrogens (tertiary/aromatic N) is 1. The third-order valence-electron chi connectivity index (χ3n) is 3.26. The Labute approximate surface area is 117 Å². The van der Waals surface area contributed by atoms with Crippen LogP contribution in [0.4, 0.5) is 10.1 Å². The normalized spacial score (nSPS) is 10.3. The van der Waals surface area contributed by atoms with Crippen LogP contribution in [0.2, 0.25) is 0 Å². The van der Waals surface area contributed by atoms with Crippen molar-refractivity contribution < 1.29 is 9.18 Å². The molecule has 0 heterocycles. The minimum atomic E-state index is -0.569. The lowest BCUT2D eigenvalue weighted by molar-refractivity contribution is 0.0784. The molecule has 0 aliphatic heterocycles. The largest absolute Gasteiger partial charge is 0.396 e. The summed E-state index contributed by atoms with van der Waals surface area (Å²) in [5, 5.41) is 0. The van der Waals surface area contributed by atoms with E-state index in [9.17, 15) is 9.18 Å². The minimum absolute atomic E-state index is 0.0445. The molecule has 2 aromatic rings. The van der Waals surface area contributed by atoms with Crippen LogP contribution in [-0.4, -0.2) is 17.9 Å². The number of carbonyl (C=O) groups excluding carboxylic acids is 1. The van der Waals surface area contributed by atoms with E-state index in [0.717, 1.165) is 11.1 Å². The monoisotopic (exact) mass is 272 g/mol. The number of rotatable bonds is 3. The second-order valence-electron chi connectivity index (χ2n) is 4.82. The Hall–Kier alpha value is -2.36. The van der Waals surface area contributed by atoms with E-state index in [1.165, 1.54) is 18.2 Å². The van der Waals surface area contributed by atoms with E-state index >= 15 is 0 Å². The molecule has 0 aliphatic carbocycles. The molecular formula is C16H17FN2O. The first-order chi connectivity index (χ1) is 9.49. The maximum absolute atomic E-state index is 13.4. The average Bonchev–Trinajstić information content (AvgIpc) is 2.43. The van der Waals surface area contributed by atoms with Gasteiger partial charge in [0, 0.05) is 19.2 Å². The van der Waals surface area contributed by atoms with E-state index in [4.69, 9.17) is 5.73 Å². The molecule has 2 N–H and O–H groups in total. The summed E-state index contributed by atoms with van der Waals surface area (Å²) in [5.41, 5.74) is 7.94. The fourth-order valence-corrected chi connectivity index (χ4v) is 2.00. The minimum Gasteiger partial charge on any atom is -0.396 e. The van der Waals surface area contributed by atoms with Gasteiger partial charge < -0.3 is 10.6 Å². The fourth-order valence-electron chi connectivity index (χ4n) is 2.00. The van der Waals surface area contributed by atoms with Crippen molar-refractivity contribution in [2.24, 2.45) is 0 Å². The highest BCUT2D eigenvalue weighted by Gasteiger charge is 2.14. The van der Waals surface area contributed by atoms with Gasteiger partial charge in [0.25, 0.3) is 5.91 Å². The molecule has 0 saturated carbocycles. The summed E-state index contributed by atoms with van der Waals surface area (Å²) >= 11 is 0. The van der Waals surface area contributed by atoms with Crippen LogP contribution >= 0.6 is 0 Å². The van der Waals surface area contributed by atoms with Gasteiger partial charge >= 0.3 is 0 Å². The molecule has 104 valence electrons. The summed E-state index contributed by atoms with van der Waals surface area (Å²) in [4.78, 5) is 13.8. The summed E-state index contributed by atoms with van der Waals surface area (Å²) in [6, 6.07) is 12.0. The zero-order chi connectivity index (χ0) is 14.7. The third kappa shape index (κ3) is 2.96. The van der Waals surface area contributed by atoms with Gasteiger partial charge in [-0.25, -0.2) is 4.39 Å². The number of amides is 1. The lowest BCUT2D eigenvalue weighted by atomic mass is 10.1. The summed E-state index contributed by atoms with van der Waals surface area (Å²) in [6.07, 6.45) is 0. The zero-order valence-corrected chi connectivity index (χ0v) is 11.6. The SMILES string of the molecule is Cc1ccccc1CN(C)C(=O)c1ccc(N)c(F)c1. The first-order valence-corrected chi connectivity index (χ1v) is 6.34. The average molecular weight is 272 g/mol. The topological polar surface area (TPSA) is 46.3 Å². The molecule has 0 radical (unpaired) electrons. The number of benzene rings is 2. The first kappa shape index (κ1) is 14.1. The first-order valence-electron chi connectivity index (χ1n) is 6.34. The second-order valence-corrected chi connectivity index (χ2v) is 4.82. The maximum Gasteiger partial charge on any atom is 0.254 e. The van der Waals surface area contributed by atoms with E-state index in [1.807, 2.05) is 31.2 Å². The summed E-state index contributed by atoms with van der Waals surface area (Å²) < 4.78 is 13.4. The van der Waals surface area contributed by atoms with Crippen LogP contribution in [0.1, 0.15) is 21.5 Å². The number of anilines is 1. The van der Waals surface area contributed by atoms with Gasteiger partial charge in [0.2, 0.25) is 0 Å². The predicted octanol–water partition coefficient (Wildman–Crippen LogP) is 2.99. The van der Waals surface area contributed by atoms with Crippen LogP contribution in [0.5, 0.6) is 0 Å². The quantitative estimate of drug-likeness (QED) is 0.873. The molecule has 0 aromatic heterocycles. The molecule has 0 spiro atoms. The van der Waals surface area contributed by atoms with Gasteiger partial charge in [-0.1, -0.05) is 24.3 Å². The van der Waals surface area contributed by atoms with Gasteiger partial charge in [0.1, 0.15) is 5.82 Å². The number of halogens is 1. The van der Waals surface area contributed by atoms with Crippen LogP contribution < -0.4 is 5.73 Å². The summed E-state index contributed by atoms with van der Waals surface area (Å²) in [5.74, 6) is -0.799. The number of aryl methyl sites for hydroxylation is 1. The van der Waals surface area contributed by atoms with E-state index in [1.54, 1.807) is 11.9 Å². The summed E-state index contributed by atoms with van der Waals surface area (Å²) in [6.45, 7) is 2.48. The maximum atomic E-state index is 13.4. The number of hydrogen-bond acceptors (Lipinski definition) is 2. The van der Waals surface area contributed by atoms with Crippen molar-refractivity contribution in [2.75, 3.05) is 12.8 Å². The van der Waals surface area contributed by atoms with Gasteiger partial charge in [-0.2, -0.15) is 0 Å². The second kappa shape index (κ2) is 5.74. The van der Waals surface area contributed by atoms with Crippen molar-refractivity contribution in [2.45, 2.75) is 13.5 Å². The Kier molecular flexibility index (Phi) is 4.03. The molecule has 2 aromatic carbocycles. The molecule has 2 rings (SSSR count). The van der Waals surface area contributed by atoms with E-state index in [0.29, 0.717) is 12.1 Å². The van der Waals surface area contributed by atoms with Crippen molar-refractivity contribution in [3.8, 4) is 0 Å². The fraction of sp³-hybridized carbons (Fsp3) is 0.188. The van der Waals surface area contributed by atoms with Gasteiger partial charge in [0.05, 0.1) is 5.69 Å². The van der Waals surface area contributed by atoms with Crippen molar-refractivity contribution in [3.63, 3.8) is 0 Å². The predicted molar refractivity (Wildman–Crippen MR) is 77.8 cm³/mol. The molecule has 0 unspecified atom stereocenters. The Morgan fingerprint density at radius 1 is 1.25 bits per heavy atom. The molecule has 0 fully saturated rings. The molecule has 0 saturated heterocycles.